The van der Waals surface area contributed by atoms with Crippen molar-refractivity contribution < 1.29 is 9.90 Å². The highest BCUT2D eigenvalue weighted by atomic mass is 16.3. The molecule has 0 aliphatic carbocycles. The fourth-order valence-corrected chi connectivity index (χ4v) is 2.24. The average Bonchev–Trinajstić information content (AvgIpc) is 2.45. The fourth-order valence-electron chi connectivity index (χ4n) is 2.24. The second kappa shape index (κ2) is 6.56. The minimum atomic E-state index is -0.393. The number of nitrogens with zero attached hydrogens (tertiary/aromatic N) is 3. The van der Waals surface area contributed by atoms with Crippen molar-refractivity contribution in [3.05, 3.63) is 23.9 Å². The van der Waals surface area contributed by atoms with Gasteiger partial charge in [-0.3, -0.25) is 0 Å². The lowest BCUT2D eigenvalue weighted by atomic mass is 10.1. The van der Waals surface area contributed by atoms with Gasteiger partial charge in [0.05, 0.1) is 6.10 Å². The first kappa shape index (κ1) is 14.6. The summed E-state index contributed by atoms with van der Waals surface area (Å²) >= 11 is 0. The van der Waals surface area contributed by atoms with Gasteiger partial charge in [-0.05, 0) is 30.5 Å². The van der Waals surface area contributed by atoms with Crippen molar-refractivity contribution in [3.63, 3.8) is 0 Å². The van der Waals surface area contributed by atoms with Crippen molar-refractivity contribution in [2.45, 2.75) is 25.5 Å². The van der Waals surface area contributed by atoms with E-state index in [-0.39, 0.29) is 6.03 Å². The summed E-state index contributed by atoms with van der Waals surface area (Å²) in [6.45, 7) is 1.60. The van der Waals surface area contributed by atoms with Gasteiger partial charge >= 0.3 is 6.03 Å². The molecule has 1 aliphatic rings. The first-order valence-electron chi connectivity index (χ1n) is 6.89. The number of urea groups is 1. The number of nitrogens with one attached hydrogen (secondary N) is 1. The topological polar surface area (TPSA) is 68.7 Å². The molecule has 2 heterocycles. The Bertz CT molecular complexity index is 464. The van der Waals surface area contributed by atoms with Crippen LogP contribution < -0.4 is 10.2 Å². The van der Waals surface area contributed by atoms with Crippen molar-refractivity contribution in [2.75, 3.05) is 32.1 Å². The number of aliphatic hydroxyl groups is 1. The van der Waals surface area contributed by atoms with Crippen LogP contribution in [-0.2, 0) is 6.54 Å². The molecule has 1 aliphatic heterocycles. The molecule has 1 saturated heterocycles. The lowest BCUT2D eigenvalue weighted by Gasteiger charge is -2.30. The van der Waals surface area contributed by atoms with Crippen LogP contribution in [-0.4, -0.2) is 54.3 Å². The summed E-state index contributed by atoms with van der Waals surface area (Å²) in [5.74, 6) is 0.866. The molecule has 110 valence electrons. The van der Waals surface area contributed by atoms with Gasteiger partial charge in [-0.25, -0.2) is 9.78 Å². The predicted octanol–water partition coefficient (Wildman–Crippen LogP) is 0.814. The number of aromatic nitrogens is 1. The van der Waals surface area contributed by atoms with Gasteiger partial charge in [-0.2, -0.15) is 0 Å². The van der Waals surface area contributed by atoms with E-state index in [1.165, 1.54) is 0 Å². The molecule has 1 aromatic rings. The SMILES string of the molecule is CN(C)c1cc(CNC(=O)N2CCCC(O)C2)ccn1. The van der Waals surface area contributed by atoms with Gasteiger partial charge in [0, 0.05) is 39.9 Å². The third kappa shape index (κ3) is 3.84. The van der Waals surface area contributed by atoms with Crippen molar-refractivity contribution >= 4 is 11.8 Å². The van der Waals surface area contributed by atoms with Crippen LogP contribution in [0.2, 0.25) is 0 Å². The van der Waals surface area contributed by atoms with Crippen molar-refractivity contribution in [3.8, 4) is 0 Å². The summed E-state index contributed by atoms with van der Waals surface area (Å²) in [5.41, 5.74) is 1.01. The number of aliphatic hydroxyl groups excluding tert-OH is 1. The highest BCUT2D eigenvalue weighted by Crippen LogP contribution is 2.11. The molecule has 6 nitrogen and oxygen atoms in total. The first-order chi connectivity index (χ1) is 9.56. The van der Waals surface area contributed by atoms with Gasteiger partial charge in [0.1, 0.15) is 5.82 Å². The van der Waals surface area contributed by atoms with Gasteiger partial charge in [-0.1, -0.05) is 0 Å². The van der Waals surface area contributed by atoms with E-state index >= 15 is 0 Å². The van der Waals surface area contributed by atoms with E-state index in [2.05, 4.69) is 10.3 Å². The fraction of sp³-hybridized carbons (Fsp3) is 0.571. The first-order valence-corrected chi connectivity index (χ1v) is 6.89. The summed E-state index contributed by atoms with van der Waals surface area (Å²) in [4.78, 5) is 19.8. The van der Waals surface area contributed by atoms with Crippen LogP contribution >= 0.6 is 0 Å². The Labute approximate surface area is 119 Å². The number of piperidine rings is 1. The molecule has 2 N–H and O–H groups in total. The van der Waals surface area contributed by atoms with Gasteiger partial charge < -0.3 is 20.2 Å². The number of carbonyl (C=O) groups excluding carboxylic acids is 1. The number of hydrogen-bond donors (Lipinski definition) is 2. The van der Waals surface area contributed by atoms with Crippen molar-refractivity contribution in [1.82, 2.24) is 15.2 Å². The van der Waals surface area contributed by atoms with E-state index in [0.29, 0.717) is 19.6 Å². The van der Waals surface area contributed by atoms with Crippen molar-refractivity contribution in [1.29, 1.82) is 0 Å². The molecule has 6 heteroatoms. The maximum atomic E-state index is 12.0. The summed E-state index contributed by atoms with van der Waals surface area (Å²) in [7, 11) is 3.86. The summed E-state index contributed by atoms with van der Waals surface area (Å²) < 4.78 is 0. The number of likely N-dealkylation sites (tertiary alicyclic amines) is 1. The second-order valence-electron chi connectivity index (χ2n) is 5.32. The summed E-state index contributed by atoms with van der Waals surface area (Å²) in [5, 5.41) is 12.5. The number of rotatable bonds is 3. The zero-order valence-corrected chi connectivity index (χ0v) is 12.0. The second-order valence-corrected chi connectivity index (χ2v) is 5.32. The monoisotopic (exact) mass is 278 g/mol. The molecule has 1 aromatic heterocycles. The number of amides is 2. The minimum Gasteiger partial charge on any atom is -0.391 e. The molecule has 0 aromatic carbocycles. The van der Waals surface area contributed by atoms with Crippen LogP contribution in [0.25, 0.3) is 0 Å². The van der Waals surface area contributed by atoms with Gasteiger partial charge in [0.2, 0.25) is 0 Å². The lowest BCUT2D eigenvalue weighted by Crippen LogP contribution is -2.46. The Balaban J connectivity index is 1.88. The molecular formula is C14H22N4O2. The molecule has 2 rings (SSSR count). The largest absolute Gasteiger partial charge is 0.391 e. The molecule has 0 radical (unpaired) electrons. The molecule has 1 unspecified atom stereocenters. The lowest BCUT2D eigenvalue weighted by molar-refractivity contribution is 0.0842. The van der Waals surface area contributed by atoms with E-state index in [1.54, 1.807) is 11.1 Å². The number of hydrogen-bond acceptors (Lipinski definition) is 4. The Morgan fingerprint density at radius 2 is 2.40 bits per heavy atom. The smallest absolute Gasteiger partial charge is 0.317 e. The Kier molecular flexibility index (Phi) is 4.79. The maximum Gasteiger partial charge on any atom is 0.317 e. The van der Waals surface area contributed by atoms with E-state index in [4.69, 9.17) is 0 Å². The molecule has 1 fully saturated rings. The maximum absolute atomic E-state index is 12.0. The van der Waals surface area contributed by atoms with Crippen LogP contribution in [0.4, 0.5) is 10.6 Å². The predicted molar refractivity (Wildman–Crippen MR) is 77.6 cm³/mol. The van der Waals surface area contributed by atoms with Gasteiger partial charge in [0.25, 0.3) is 0 Å². The highest BCUT2D eigenvalue weighted by molar-refractivity contribution is 5.74. The zero-order chi connectivity index (χ0) is 14.5. The van der Waals surface area contributed by atoms with Crippen LogP contribution in [0.5, 0.6) is 0 Å². The van der Waals surface area contributed by atoms with Gasteiger partial charge in [-0.15, -0.1) is 0 Å². The van der Waals surface area contributed by atoms with Crippen LogP contribution in [0, 0.1) is 0 Å². The van der Waals surface area contributed by atoms with E-state index in [1.807, 2.05) is 31.1 Å². The normalized spacial score (nSPS) is 18.8. The number of carbonyl (C=O) groups is 1. The van der Waals surface area contributed by atoms with E-state index in [9.17, 15) is 9.90 Å². The molecule has 20 heavy (non-hydrogen) atoms. The Morgan fingerprint density at radius 3 is 3.10 bits per heavy atom. The highest BCUT2D eigenvalue weighted by Gasteiger charge is 2.21. The van der Waals surface area contributed by atoms with Crippen LogP contribution in [0.15, 0.2) is 18.3 Å². The molecule has 0 bridgehead atoms. The van der Waals surface area contributed by atoms with Crippen molar-refractivity contribution in [2.24, 2.45) is 0 Å². The third-order valence-electron chi connectivity index (χ3n) is 3.40. The number of β-amino-alcohol motifs (C(OH)–C–C–N with tert-alkyl or cyclic N) is 1. The third-order valence-corrected chi connectivity index (χ3v) is 3.40. The molecule has 0 spiro atoms. The zero-order valence-electron chi connectivity index (χ0n) is 12.0. The standard InChI is InChI=1S/C14H22N4O2/c1-17(2)13-8-11(5-6-15-13)9-16-14(20)18-7-3-4-12(19)10-18/h5-6,8,12,19H,3-4,7,9-10H2,1-2H3,(H,16,20). The molecule has 1 atom stereocenters. The quantitative estimate of drug-likeness (QED) is 0.858. The molecular weight excluding hydrogens is 256 g/mol. The van der Waals surface area contributed by atoms with Crippen LogP contribution in [0.3, 0.4) is 0 Å². The Hall–Kier alpha value is -1.82. The number of pyridine rings is 1. The van der Waals surface area contributed by atoms with E-state index in [0.717, 1.165) is 24.2 Å². The summed E-state index contributed by atoms with van der Waals surface area (Å²) in [6.07, 6.45) is 2.98. The minimum absolute atomic E-state index is 0.119. The number of anilines is 1. The van der Waals surface area contributed by atoms with Crippen LogP contribution in [0.1, 0.15) is 18.4 Å². The summed E-state index contributed by atoms with van der Waals surface area (Å²) in [6, 6.07) is 3.72. The Morgan fingerprint density at radius 1 is 1.60 bits per heavy atom. The average molecular weight is 278 g/mol. The van der Waals surface area contributed by atoms with E-state index < -0.39 is 6.10 Å². The molecule has 2 amide bonds. The van der Waals surface area contributed by atoms with Gasteiger partial charge in [0.15, 0.2) is 0 Å². The molecule has 0 saturated carbocycles.